The average Bonchev–Trinajstić information content (AvgIpc) is 2.38. The molecule has 1 aliphatic rings. The number of benzene rings is 1. The number of carbonyl (C=O) groups excluding carboxylic acids is 1. The van der Waals surface area contributed by atoms with E-state index >= 15 is 0 Å². The number of amides is 1. The van der Waals surface area contributed by atoms with Crippen LogP contribution in [0.25, 0.3) is 0 Å². The normalized spacial score (nSPS) is 18.9. The second-order valence-corrected chi connectivity index (χ2v) is 6.72. The summed E-state index contributed by atoms with van der Waals surface area (Å²) in [5.74, 6) is 1.05. The van der Waals surface area contributed by atoms with E-state index in [0.29, 0.717) is 5.02 Å². The predicted octanol–water partition coefficient (Wildman–Crippen LogP) is 3.40. The molecule has 1 aromatic rings. The summed E-state index contributed by atoms with van der Waals surface area (Å²) < 4.78 is 0. The fourth-order valence-electron chi connectivity index (χ4n) is 2.09. The van der Waals surface area contributed by atoms with Crippen LogP contribution in [0, 0.1) is 5.92 Å². The summed E-state index contributed by atoms with van der Waals surface area (Å²) in [5, 5.41) is 3.75. The Hall–Kier alpha value is -0.420. The molecule has 0 aliphatic carbocycles. The molecule has 6 heteroatoms. The molecule has 0 spiro atoms. The largest absolute Gasteiger partial charge is 0.348 e. The molecule has 3 N–H and O–H groups in total. The molecule has 0 radical (unpaired) electrons. The summed E-state index contributed by atoms with van der Waals surface area (Å²) >= 11 is 7.85. The molecular weight excluding hydrogens is 315 g/mol. The van der Waals surface area contributed by atoms with Crippen LogP contribution in [0.2, 0.25) is 5.02 Å². The summed E-state index contributed by atoms with van der Waals surface area (Å²) in [5.41, 5.74) is 6.99. The third-order valence-electron chi connectivity index (χ3n) is 3.35. The van der Waals surface area contributed by atoms with Crippen LogP contribution in [0.4, 0.5) is 0 Å². The molecule has 2 rings (SSSR count). The van der Waals surface area contributed by atoms with E-state index < -0.39 is 6.04 Å². The van der Waals surface area contributed by atoms with Crippen molar-refractivity contribution in [3.8, 4) is 0 Å². The summed E-state index contributed by atoms with van der Waals surface area (Å²) in [7, 11) is 0. The van der Waals surface area contributed by atoms with Crippen molar-refractivity contribution in [2.45, 2.75) is 37.2 Å². The molecule has 0 saturated carbocycles. The summed E-state index contributed by atoms with van der Waals surface area (Å²) in [4.78, 5) is 13.3. The van der Waals surface area contributed by atoms with Gasteiger partial charge in [0.05, 0.1) is 12.1 Å². The molecule has 1 heterocycles. The van der Waals surface area contributed by atoms with Crippen molar-refractivity contribution in [2.24, 2.45) is 11.7 Å². The number of carbonyl (C=O) groups is 1. The molecule has 3 nitrogen and oxygen atoms in total. The highest BCUT2D eigenvalue weighted by Crippen LogP contribution is 2.37. The van der Waals surface area contributed by atoms with Crippen molar-refractivity contribution in [1.82, 2.24) is 5.32 Å². The maximum absolute atomic E-state index is 12.1. The number of hydrogen-bond donors (Lipinski definition) is 2. The molecule has 1 aliphatic heterocycles. The summed E-state index contributed by atoms with van der Waals surface area (Å²) in [6, 6.07) is 5.40. The van der Waals surface area contributed by atoms with E-state index in [0.717, 1.165) is 17.7 Å². The average molecular weight is 335 g/mol. The highest BCUT2D eigenvalue weighted by Gasteiger charge is 2.25. The highest BCUT2D eigenvalue weighted by atomic mass is 35.5. The van der Waals surface area contributed by atoms with Gasteiger partial charge in [-0.25, -0.2) is 0 Å². The van der Waals surface area contributed by atoms with Crippen molar-refractivity contribution < 1.29 is 4.79 Å². The summed E-state index contributed by atoms with van der Waals surface area (Å²) in [6.45, 7) is 3.90. The lowest BCUT2D eigenvalue weighted by molar-refractivity contribution is -0.124. The van der Waals surface area contributed by atoms with E-state index in [1.165, 1.54) is 4.90 Å². The minimum absolute atomic E-state index is 0. The smallest absolute Gasteiger partial charge is 0.237 e. The Morgan fingerprint density at radius 2 is 2.20 bits per heavy atom. The Kier molecular flexibility index (Phi) is 6.65. The van der Waals surface area contributed by atoms with Gasteiger partial charge in [0.2, 0.25) is 5.91 Å². The quantitative estimate of drug-likeness (QED) is 0.890. The molecule has 0 saturated heterocycles. The lowest BCUT2D eigenvalue weighted by atomic mass is 10.0. The number of fused-ring (bicyclic) bond motifs is 1. The van der Waals surface area contributed by atoms with Gasteiger partial charge >= 0.3 is 0 Å². The molecule has 2 atom stereocenters. The van der Waals surface area contributed by atoms with Gasteiger partial charge in [0.1, 0.15) is 0 Å². The lowest BCUT2D eigenvalue weighted by Crippen LogP contribution is -2.45. The van der Waals surface area contributed by atoms with E-state index in [9.17, 15) is 4.79 Å². The third-order valence-corrected chi connectivity index (χ3v) is 4.71. The molecule has 112 valence electrons. The Balaban J connectivity index is 0.00000200. The summed E-state index contributed by atoms with van der Waals surface area (Å²) in [6.07, 6.45) is 0.911. The van der Waals surface area contributed by atoms with Gasteiger partial charge in [-0.1, -0.05) is 25.4 Å². The molecule has 0 bridgehead atoms. The first-order valence-electron chi connectivity index (χ1n) is 6.47. The molecule has 0 fully saturated rings. The fourth-order valence-corrected chi connectivity index (χ4v) is 3.37. The number of rotatable bonds is 3. The number of hydrogen-bond acceptors (Lipinski definition) is 3. The Labute approximate surface area is 135 Å². The topological polar surface area (TPSA) is 55.1 Å². The molecule has 1 amide bonds. The van der Waals surface area contributed by atoms with Gasteiger partial charge in [0.25, 0.3) is 0 Å². The maximum Gasteiger partial charge on any atom is 0.237 e. The fraction of sp³-hybridized carbons (Fsp3) is 0.500. The SMILES string of the molecule is CC(C)C(N)C(=O)NC1CCSc2ccc(Cl)cc21.Cl. The Bertz CT molecular complexity index is 482. The van der Waals surface area contributed by atoms with Crippen LogP contribution < -0.4 is 11.1 Å². The number of thioether (sulfide) groups is 1. The van der Waals surface area contributed by atoms with Gasteiger partial charge in [-0.05, 0) is 36.1 Å². The van der Waals surface area contributed by atoms with Crippen molar-refractivity contribution in [1.29, 1.82) is 0 Å². The Morgan fingerprint density at radius 1 is 1.50 bits per heavy atom. The first kappa shape index (κ1) is 17.6. The van der Waals surface area contributed by atoms with E-state index in [2.05, 4.69) is 5.32 Å². The zero-order valence-corrected chi connectivity index (χ0v) is 13.9. The number of nitrogens with one attached hydrogen (secondary N) is 1. The van der Waals surface area contributed by atoms with Gasteiger partial charge in [0, 0.05) is 15.7 Å². The Morgan fingerprint density at radius 3 is 2.85 bits per heavy atom. The molecule has 1 aromatic carbocycles. The maximum atomic E-state index is 12.1. The second-order valence-electron chi connectivity index (χ2n) is 5.15. The van der Waals surface area contributed by atoms with Gasteiger partial charge in [0.15, 0.2) is 0 Å². The molecule has 2 unspecified atom stereocenters. The minimum Gasteiger partial charge on any atom is -0.348 e. The molecule has 20 heavy (non-hydrogen) atoms. The van der Waals surface area contributed by atoms with Crippen molar-refractivity contribution in [3.63, 3.8) is 0 Å². The lowest BCUT2D eigenvalue weighted by Gasteiger charge is -2.28. The van der Waals surface area contributed by atoms with Crippen molar-refractivity contribution >= 4 is 41.7 Å². The van der Waals surface area contributed by atoms with Crippen molar-refractivity contribution in [2.75, 3.05) is 5.75 Å². The number of halogens is 2. The third kappa shape index (κ3) is 4.04. The first-order chi connectivity index (χ1) is 8.99. The van der Waals surface area contributed by atoms with Gasteiger partial charge < -0.3 is 11.1 Å². The minimum atomic E-state index is -0.461. The highest BCUT2D eigenvalue weighted by molar-refractivity contribution is 7.99. The van der Waals surface area contributed by atoms with Crippen molar-refractivity contribution in [3.05, 3.63) is 28.8 Å². The monoisotopic (exact) mass is 334 g/mol. The van der Waals surface area contributed by atoms with Crippen LogP contribution >= 0.6 is 35.8 Å². The predicted molar refractivity (Wildman–Crippen MR) is 87.7 cm³/mol. The van der Waals surface area contributed by atoms with Gasteiger partial charge in [-0.3, -0.25) is 4.79 Å². The molecule has 0 aromatic heterocycles. The van der Waals surface area contributed by atoms with E-state index in [1.807, 2.05) is 32.0 Å². The first-order valence-corrected chi connectivity index (χ1v) is 7.83. The van der Waals surface area contributed by atoms with Crippen LogP contribution in [0.15, 0.2) is 23.1 Å². The van der Waals surface area contributed by atoms with Crippen LogP contribution in [0.3, 0.4) is 0 Å². The van der Waals surface area contributed by atoms with Crippen LogP contribution in [0.5, 0.6) is 0 Å². The van der Waals surface area contributed by atoms with Crippen LogP contribution in [0.1, 0.15) is 31.9 Å². The van der Waals surface area contributed by atoms with E-state index in [1.54, 1.807) is 11.8 Å². The van der Waals surface area contributed by atoms with Crippen LogP contribution in [-0.4, -0.2) is 17.7 Å². The van der Waals surface area contributed by atoms with Gasteiger partial charge in [-0.15, -0.1) is 24.2 Å². The molecular formula is C14H20Cl2N2OS. The standard InChI is InChI=1S/C14H19ClN2OS.ClH/c1-8(2)13(16)14(18)17-11-5-6-19-12-4-3-9(15)7-10(11)12;/h3-4,7-8,11,13H,5-6,16H2,1-2H3,(H,17,18);1H. The second kappa shape index (κ2) is 7.55. The zero-order valence-electron chi connectivity index (χ0n) is 11.6. The number of nitrogens with two attached hydrogens (primary N) is 1. The van der Waals surface area contributed by atoms with Gasteiger partial charge in [-0.2, -0.15) is 0 Å². The van der Waals surface area contributed by atoms with E-state index in [-0.39, 0.29) is 30.3 Å². The zero-order chi connectivity index (χ0) is 14.0. The van der Waals surface area contributed by atoms with Crippen LogP contribution in [-0.2, 0) is 4.79 Å². The van der Waals surface area contributed by atoms with E-state index in [4.69, 9.17) is 17.3 Å².